The maximum absolute atomic E-state index is 5.00. The number of hydrogen-bond donors (Lipinski definition) is 0. The Morgan fingerprint density at radius 2 is 1.58 bits per heavy atom. The molecule has 0 bridgehead atoms. The van der Waals surface area contributed by atoms with Crippen molar-refractivity contribution in [3.8, 4) is 22.5 Å². The van der Waals surface area contributed by atoms with Crippen LogP contribution in [0.4, 0.5) is 0 Å². The standard InChI is InChI=1S/C22H13N2SSe/c26-20-9-4-8-18-21(20)22-19(25-18)11-10-17(24-22)15-6-3-5-14(13-15)16-7-1-2-12-23-16/h1-13H. The number of pyridine rings is 2. The molecule has 0 aliphatic heterocycles. The summed E-state index contributed by atoms with van der Waals surface area (Å²) in [4.78, 5) is 9.45. The Morgan fingerprint density at radius 3 is 2.42 bits per heavy atom. The van der Waals surface area contributed by atoms with Gasteiger partial charge in [0.1, 0.15) is 0 Å². The zero-order valence-electron chi connectivity index (χ0n) is 13.7. The molecular weight excluding hydrogens is 403 g/mol. The summed E-state index contributed by atoms with van der Waals surface area (Å²) in [5.74, 6) is 0. The van der Waals surface area contributed by atoms with Gasteiger partial charge in [-0.05, 0) is 0 Å². The molecule has 0 amide bonds. The molecule has 1 radical (unpaired) electrons. The van der Waals surface area contributed by atoms with Gasteiger partial charge in [-0.3, -0.25) is 0 Å². The van der Waals surface area contributed by atoms with Crippen molar-refractivity contribution in [2.75, 3.05) is 0 Å². The summed E-state index contributed by atoms with van der Waals surface area (Å²) >= 11 is 4.96. The Balaban J connectivity index is 1.69. The average molecular weight is 416 g/mol. The number of nitrogens with zero attached hydrogens (tertiary/aromatic N) is 2. The third-order valence-corrected chi connectivity index (χ3v) is 6.25. The van der Waals surface area contributed by atoms with Gasteiger partial charge in [0.15, 0.2) is 0 Å². The van der Waals surface area contributed by atoms with Crippen LogP contribution in [0.2, 0.25) is 0 Å². The second-order valence-corrected chi connectivity index (χ2v) is 8.08. The summed E-state index contributed by atoms with van der Waals surface area (Å²) < 4.78 is 3.64. The second-order valence-electron chi connectivity index (χ2n) is 6.07. The number of benzene rings is 2. The molecule has 0 N–H and O–H groups in total. The summed E-state index contributed by atoms with van der Waals surface area (Å²) in [5.41, 5.74) is 5.23. The molecule has 2 nitrogen and oxygen atoms in total. The Labute approximate surface area is 163 Å². The van der Waals surface area contributed by atoms with Gasteiger partial charge >= 0.3 is 164 Å². The predicted molar refractivity (Wildman–Crippen MR) is 111 cm³/mol. The first-order chi connectivity index (χ1) is 12.8. The van der Waals surface area contributed by atoms with Gasteiger partial charge in [0.05, 0.1) is 0 Å². The van der Waals surface area contributed by atoms with E-state index in [1.165, 1.54) is 14.8 Å². The molecule has 4 heteroatoms. The van der Waals surface area contributed by atoms with Crippen LogP contribution in [0.1, 0.15) is 0 Å². The van der Waals surface area contributed by atoms with Gasteiger partial charge in [-0.15, -0.1) is 0 Å². The maximum atomic E-state index is 5.00. The molecule has 0 saturated heterocycles. The van der Waals surface area contributed by atoms with Crippen LogP contribution in [-0.4, -0.2) is 26.0 Å². The third-order valence-electron chi connectivity index (χ3n) is 4.42. The van der Waals surface area contributed by atoms with Crippen LogP contribution in [0, 0.1) is 0 Å². The van der Waals surface area contributed by atoms with Crippen molar-refractivity contribution in [3.05, 3.63) is 79.0 Å². The van der Waals surface area contributed by atoms with Crippen molar-refractivity contribution in [1.82, 2.24) is 9.97 Å². The summed E-state index contributed by atoms with van der Waals surface area (Å²) in [6, 6.07) is 25.0. The Hall–Kier alpha value is -2.52. The topological polar surface area (TPSA) is 25.8 Å². The van der Waals surface area contributed by atoms with Crippen molar-refractivity contribution in [2.24, 2.45) is 0 Å². The molecule has 0 saturated carbocycles. The fourth-order valence-electron chi connectivity index (χ4n) is 3.19. The third kappa shape index (κ3) is 2.63. The normalized spacial score (nSPS) is 11.2. The molecule has 0 fully saturated rings. The number of hydrogen-bond acceptors (Lipinski definition) is 3. The van der Waals surface area contributed by atoms with E-state index in [0.29, 0.717) is 0 Å². The molecule has 0 aliphatic carbocycles. The number of thiophene rings is 1. The van der Waals surface area contributed by atoms with Gasteiger partial charge in [-0.25, -0.2) is 0 Å². The molecule has 123 valence electrons. The molecule has 0 atom stereocenters. The minimum atomic E-state index is 0.974. The summed E-state index contributed by atoms with van der Waals surface area (Å²) in [5, 5.41) is 1.22. The Kier molecular flexibility index (Phi) is 3.83. The molecule has 2 aromatic carbocycles. The van der Waals surface area contributed by atoms with Crippen molar-refractivity contribution >= 4 is 52.1 Å². The van der Waals surface area contributed by atoms with Gasteiger partial charge in [0.2, 0.25) is 0 Å². The van der Waals surface area contributed by atoms with Crippen molar-refractivity contribution in [2.45, 2.75) is 0 Å². The van der Waals surface area contributed by atoms with Crippen LogP contribution in [0.5, 0.6) is 0 Å². The Morgan fingerprint density at radius 1 is 0.731 bits per heavy atom. The average Bonchev–Trinajstić information content (AvgIpc) is 3.08. The van der Waals surface area contributed by atoms with Crippen LogP contribution in [-0.2, 0) is 0 Å². The molecule has 0 spiro atoms. The minimum absolute atomic E-state index is 0.974. The van der Waals surface area contributed by atoms with Gasteiger partial charge in [-0.2, -0.15) is 0 Å². The van der Waals surface area contributed by atoms with Crippen LogP contribution in [0.3, 0.4) is 0 Å². The summed E-state index contributed by atoms with van der Waals surface area (Å²) in [7, 11) is 0. The van der Waals surface area contributed by atoms with E-state index in [-0.39, 0.29) is 0 Å². The fraction of sp³-hybridized carbons (Fsp3) is 0. The molecule has 5 aromatic rings. The van der Waals surface area contributed by atoms with Gasteiger partial charge < -0.3 is 0 Å². The molecule has 26 heavy (non-hydrogen) atoms. The Bertz CT molecular complexity index is 1250. The van der Waals surface area contributed by atoms with Crippen molar-refractivity contribution in [1.29, 1.82) is 0 Å². The molecule has 0 aliphatic rings. The van der Waals surface area contributed by atoms with E-state index < -0.39 is 0 Å². The van der Waals surface area contributed by atoms with Crippen molar-refractivity contribution < 1.29 is 0 Å². The predicted octanol–water partition coefficient (Wildman–Crippen LogP) is 4.97. The monoisotopic (exact) mass is 417 g/mol. The van der Waals surface area contributed by atoms with E-state index in [0.717, 1.165) is 32.5 Å². The zero-order valence-corrected chi connectivity index (χ0v) is 16.2. The molecular formula is C22H13N2SSe. The number of fused-ring (bicyclic) bond motifs is 3. The molecule has 3 heterocycles. The van der Waals surface area contributed by atoms with Gasteiger partial charge in [-0.1, -0.05) is 0 Å². The van der Waals surface area contributed by atoms with E-state index in [2.05, 4.69) is 75.6 Å². The number of aromatic nitrogens is 2. The first-order valence-corrected chi connectivity index (χ1v) is 9.98. The van der Waals surface area contributed by atoms with Gasteiger partial charge in [0, 0.05) is 0 Å². The SMILES string of the molecule is [Se]c1cccc2sc3ccc(-c4cccc(-c5ccccn5)c4)nc3c12. The van der Waals surface area contributed by atoms with Gasteiger partial charge in [0.25, 0.3) is 0 Å². The number of rotatable bonds is 2. The van der Waals surface area contributed by atoms with Crippen LogP contribution < -0.4 is 4.46 Å². The fourth-order valence-corrected chi connectivity index (χ4v) is 5.00. The van der Waals surface area contributed by atoms with Crippen LogP contribution >= 0.6 is 11.3 Å². The van der Waals surface area contributed by atoms with E-state index >= 15 is 0 Å². The van der Waals surface area contributed by atoms with Crippen LogP contribution in [0.25, 0.3) is 42.8 Å². The van der Waals surface area contributed by atoms with E-state index in [1.807, 2.05) is 24.4 Å². The second kappa shape index (κ2) is 6.33. The van der Waals surface area contributed by atoms with Crippen LogP contribution in [0.15, 0.2) is 79.0 Å². The van der Waals surface area contributed by atoms with E-state index in [4.69, 9.17) is 4.98 Å². The van der Waals surface area contributed by atoms with E-state index in [1.54, 1.807) is 11.3 Å². The van der Waals surface area contributed by atoms with E-state index in [9.17, 15) is 0 Å². The molecule has 3 aromatic heterocycles. The molecule has 0 unspecified atom stereocenters. The first-order valence-electron chi connectivity index (χ1n) is 8.31. The summed E-state index contributed by atoms with van der Waals surface area (Å²) in [6.07, 6.45) is 1.82. The zero-order chi connectivity index (χ0) is 17.5. The molecule has 5 rings (SSSR count). The van der Waals surface area contributed by atoms with Crippen molar-refractivity contribution in [3.63, 3.8) is 0 Å². The first kappa shape index (κ1) is 15.7. The quantitative estimate of drug-likeness (QED) is 0.380. The summed E-state index contributed by atoms with van der Waals surface area (Å²) in [6.45, 7) is 0.